The summed E-state index contributed by atoms with van der Waals surface area (Å²) in [6.07, 6.45) is 4.98. The molecule has 1 fully saturated rings. The molecule has 0 atom stereocenters. The van der Waals surface area contributed by atoms with Crippen molar-refractivity contribution < 1.29 is 4.52 Å². The Labute approximate surface area is 119 Å². The van der Waals surface area contributed by atoms with Gasteiger partial charge in [0.1, 0.15) is 0 Å². The largest absolute Gasteiger partial charge is 0.339 e. The van der Waals surface area contributed by atoms with E-state index < -0.39 is 0 Å². The van der Waals surface area contributed by atoms with E-state index in [1.165, 1.54) is 11.1 Å². The first kappa shape index (κ1) is 13.3. The number of aryl methyl sites for hydroxylation is 1. The van der Waals surface area contributed by atoms with Crippen LogP contribution in [0.1, 0.15) is 54.4 Å². The molecule has 0 amide bonds. The van der Waals surface area contributed by atoms with Crippen LogP contribution in [-0.2, 0) is 6.42 Å². The van der Waals surface area contributed by atoms with Gasteiger partial charge in [0, 0.05) is 18.4 Å². The summed E-state index contributed by atoms with van der Waals surface area (Å²) in [5, 5.41) is 4.13. The molecule has 1 heterocycles. The topological polar surface area (TPSA) is 64.9 Å². The van der Waals surface area contributed by atoms with Gasteiger partial charge in [0.15, 0.2) is 5.82 Å². The average molecular weight is 271 g/mol. The molecule has 4 heteroatoms. The molecular weight excluding hydrogens is 250 g/mol. The molecule has 0 bridgehead atoms. The maximum atomic E-state index is 5.93. The molecule has 1 aromatic carbocycles. The Hall–Kier alpha value is -1.68. The van der Waals surface area contributed by atoms with E-state index in [1.807, 2.05) is 12.1 Å². The quantitative estimate of drug-likeness (QED) is 0.932. The maximum Gasteiger partial charge on any atom is 0.229 e. The van der Waals surface area contributed by atoms with Gasteiger partial charge in [0.25, 0.3) is 0 Å². The summed E-state index contributed by atoms with van der Waals surface area (Å²) in [6.45, 7) is 2.11. The van der Waals surface area contributed by atoms with Gasteiger partial charge in [0.2, 0.25) is 5.89 Å². The number of hydrogen-bond donors (Lipinski definition) is 1. The lowest BCUT2D eigenvalue weighted by Gasteiger charge is -2.22. The van der Waals surface area contributed by atoms with Crippen LogP contribution in [0.15, 0.2) is 28.8 Å². The third-order valence-electron chi connectivity index (χ3n) is 4.21. The normalized spacial score (nSPS) is 22.9. The van der Waals surface area contributed by atoms with Gasteiger partial charge in [-0.25, -0.2) is 0 Å². The standard InChI is InChI=1S/C16H21N3O/c1-11-4-2-3-5-13(11)10-15-18-16(20-19-15)12-6-8-14(17)9-7-12/h2-5,12,14H,6-10,17H2,1H3. The number of benzene rings is 1. The van der Waals surface area contributed by atoms with E-state index in [1.54, 1.807) is 0 Å². The van der Waals surface area contributed by atoms with E-state index >= 15 is 0 Å². The highest BCUT2D eigenvalue weighted by Crippen LogP contribution is 2.31. The molecule has 0 saturated heterocycles. The molecule has 3 rings (SSSR count). The molecule has 0 aliphatic heterocycles. The fraction of sp³-hybridized carbons (Fsp3) is 0.500. The molecule has 0 radical (unpaired) electrons. The van der Waals surface area contributed by atoms with Crippen LogP contribution in [0.3, 0.4) is 0 Å². The van der Waals surface area contributed by atoms with Crippen molar-refractivity contribution in [3.8, 4) is 0 Å². The van der Waals surface area contributed by atoms with E-state index in [2.05, 4.69) is 29.2 Å². The van der Waals surface area contributed by atoms with Gasteiger partial charge >= 0.3 is 0 Å². The van der Waals surface area contributed by atoms with Crippen molar-refractivity contribution in [2.24, 2.45) is 5.73 Å². The van der Waals surface area contributed by atoms with Gasteiger partial charge < -0.3 is 10.3 Å². The first-order chi connectivity index (χ1) is 9.72. The summed E-state index contributed by atoms with van der Waals surface area (Å²) in [4.78, 5) is 4.58. The highest BCUT2D eigenvalue weighted by molar-refractivity contribution is 5.28. The van der Waals surface area contributed by atoms with Crippen LogP contribution in [0, 0.1) is 6.92 Å². The molecule has 20 heavy (non-hydrogen) atoms. The van der Waals surface area contributed by atoms with Crippen molar-refractivity contribution in [1.82, 2.24) is 10.1 Å². The number of nitrogens with two attached hydrogens (primary N) is 1. The SMILES string of the molecule is Cc1ccccc1Cc1noc(C2CCC(N)CC2)n1. The minimum atomic E-state index is 0.348. The molecule has 1 aliphatic rings. The summed E-state index contributed by atoms with van der Waals surface area (Å²) >= 11 is 0. The van der Waals surface area contributed by atoms with Crippen molar-refractivity contribution >= 4 is 0 Å². The predicted molar refractivity (Wildman–Crippen MR) is 77.5 cm³/mol. The third-order valence-corrected chi connectivity index (χ3v) is 4.21. The molecule has 2 N–H and O–H groups in total. The van der Waals surface area contributed by atoms with Crippen molar-refractivity contribution in [2.45, 2.75) is 51.0 Å². The van der Waals surface area contributed by atoms with Crippen LogP contribution >= 0.6 is 0 Å². The number of rotatable bonds is 3. The zero-order valence-corrected chi connectivity index (χ0v) is 11.9. The fourth-order valence-corrected chi connectivity index (χ4v) is 2.85. The zero-order chi connectivity index (χ0) is 13.9. The first-order valence-corrected chi connectivity index (χ1v) is 7.35. The van der Waals surface area contributed by atoms with Crippen LogP contribution in [0.25, 0.3) is 0 Å². The first-order valence-electron chi connectivity index (χ1n) is 7.35. The van der Waals surface area contributed by atoms with Crippen LogP contribution in [0.5, 0.6) is 0 Å². The lowest BCUT2D eigenvalue weighted by Crippen LogP contribution is -2.25. The Balaban J connectivity index is 1.69. The molecule has 106 valence electrons. The summed E-state index contributed by atoms with van der Waals surface area (Å²) in [6, 6.07) is 8.67. The monoisotopic (exact) mass is 271 g/mol. The Bertz CT molecular complexity index is 571. The molecule has 1 aliphatic carbocycles. The number of nitrogens with zero attached hydrogens (tertiary/aromatic N) is 2. The van der Waals surface area contributed by atoms with E-state index in [4.69, 9.17) is 10.3 Å². The van der Waals surface area contributed by atoms with Crippen LogP contribution < -0.4 is 5.73 Å². The van der Waals surface area contributed by atoms with Crippen molar-refractivity contribution in [1.29, 1.82) is 0 Å². The molecule has 0 spiro atoms. The van der Waals surface area contributed by atoms with E-state index in [-0.39, 0.29) is 0 Å². The Kier molecular flexibility index (Phi) is 3.83. The molecule has 0 unspecified atom stereocenters. The van der Waals surface area contributed by atoms with Crippen molar-refractivity contribution in [3.63, 3.8) is 0 Å². The average Bonchev–Trinajstić information content (AvgIpc) is 2.91. The zero-order valence-electron chi connectivity index (χ0n) is 11.9. The molecule has 4 nitrogen and oxygen atoms in total. The second-order valence-electron chi connectivity index (χ2n) is 5.76. The van der Waals surface area contributed by atoms with Crippen LogP contribution in [-0.4, -0.2) is 16.2 Å². The molecular formula is C16H21N3O. The highest BCUT2D eigenvalue weighted by atomic mass is 16.5. The van der Waals surface area contributed by atoms with Gasteiger partial charge in [-0.2, -0.15) is 4.98 Å². The predicted octanol–water partition coefficient (Wildman–Crippen LogP) is 2.95. The number of aromatic nitrogens is 2. The summed E-state index contributed by atoms with van der Waals surface area (Å²) in [5.41, 5.74) is 8.45. The Morgan fingerprint density at radius 1 is 1.20 bits per heavy atom. The van der Waals surface area contributed by atoms with Gasteiger partial charge in [0.05, 0.1) is 0 Å². The summed E-state index contributed by atoms with van der Waals surface area (Å²) in [5.74, 6) is 1.97. The Morgan fingerprint density at radius 3 is 2.70 bits per heavy atom. The van der Waals surface area contributed by atoms with Crippen molar-refractivity contribution in [3.05, 3.63) is 47.1 Å². The molecule has 1 aromatic heterocycles. The molecule has 2 aromatic rings. The van der Waals surface area contributed by atoms with Crippen molar-refractivity contribution in [2.75, 3.05) is 0 Å². The maximum absolute atomic E-state index is 5.93. The third kappa shape index (κ3) is 2.90. The molecule has 1 saturated carbocycles. The van der Waals surface area contributed by atoms with E-state index in [0.717, 1.165) is 43.8 Å². The highest BCUT2D eigenvalue weighted by Gasteiger charge is 2.24. The fourth-order valence-electron chi connectivity index (χ4n) is 2.85. The summed E-state index contributed by atoms with van der Waals surface area (Å²) in [7, 11) is 0. The second kappa shape index (κ2) is 5.75. The second-order valence-corrected chi connectivity index (χ2v) is 5.76. The smallest absolute Gasteiger partial charge is 0.229 e. The van der Waals surface area contributed by atoms with Gasteiger partial charge in [-0.05, 0) is 43.7 Å². The lowest BCUT2D eigenvalue weighted by atomic mass is 9.86. The van der Waals surface area contributed by atoms with E-state index in [9.17, 15) is 0 Å². The lowest BCUT2D eigenvalue weighted by molar-refractivity contribution is 0.300. The van der Waals surface area contributed by atoms with E-state index in [0.29, 0.717) is 12.0 Å². The van der Waals surface area contributed by atoms with Gasteiger partial charge in [-0.3, -0.25) is 0 Å². The number of hydrogen-bond acceptors (Lipinski definition) is 4. The summed E-state index contributed by atoms with van der Waals surface area (Å²) < 4.78 is 5.45. The Morgan fingerprint density at radius 2 is 1.95 bits per heavy atom. The van der Waals surface area contributed by atoms with Gasteiger partial charge in [-0.15, -0.1) is 0 Å². The minimum Gasteiger partial charge on any atom is -0.339 e. The van der Waals surface area contributed by atoms with Crippen LogP contribution in [0.4, 0.5) is 0 Å². The van der Waals surface area contributed by atoms with Crippen LogP contribution in [0.2, 0.25) is 0 Å². The minimum absolute atomic E-state index is 0.348. The van der Waals surface area contributed by atoms with Gasteiger partial charge in [-0.1, -0.05) is 29.4 Å².